The smallest absolute Gasteiger partial charge is 0.226 e. The highest BCUT2D eigenvalue weighted by Gasteiger charge is 2.25. The van der Waals surface area contributed by atoms with Crippen LogP contribution < -0.4 is 19.7 Å². The highest BCUT2D eigenvalue weighted by molar-refractivity contribution is 5.85. The molecular weight excluding hydrogens is 494 g/mol. The maximum atomic E-state index is 6.57. The van der Waals surface area contributed by atoms with E-state index < -0.39 is 0 Å². The lowest BCUT2D eigenvalue weighted by Gasteiger charge is -2.31. The maximum absolute atomic E-state index is 6.57. The van der Waals surface area contributed by atoms with Crippen molar-refractivity contribution < 1.29 is 14.2 Å². The first-order chi connectivity index (χ1) is 19.3. The Morgan fingerprint density at radius 1 is 0.897 bits per heavy atom. The molecule has 3 fully saturated rings. The molecule has 208 valence electrons. The summed E-state index contributed by atoms with van der Waals surface area (Å²) in [6.07, 6.45) is 13.2. The number of hydrogen-bond donors (Lipinski definition) is 1. The number of fused-ring (bicyclic) bond motifs is 1. The number of nitrogens with zero attached hydrogens (tertiary/aromatic N) is 6. The summed E-state index contributed by atoms with van der Waals surface area (Å²) in [6.45, 7) is 7.18. The van der Waals surface area contributed by atoms with Gasteiger partial charge in [-0.25, -0.2) is 9.97 Å². The van der Waals surface area contributed by atoms with Gasteiger partial charge in [0.05, 0.1) is 24.8 Å². The van der Waals surface area contributed by atoms with Crippen molar-refractivity contribution in [2.24, 2.45) is 0 Å². The summed E-state index contributed by atoms with van der Waals surface area (Å²) in [7, 11) is 0. The summed E-state index contributed by atoms with van der Waals surface area (Å²) in [5.74, 6) is 2.08. The molecule has 0 atom stereocenters. The molecule has 4 heterocycles. The lowest BCUT2D eigenvalue weighted by Crippen LogP contribution is -2.36. The van der Waals surface area contributed by atoms with Crippen LogP contribution in [0.4, 0.5) is 11.6 Å². The van der Waals surface area contributed by atoms with Crippen molar-refractivity contribution in [1.29, 1.82) is 0 Å². The first-order valence-corrected chi connectivity index (χ1v) is 14.5. The molecule has 0 radical (unpaired) electrons. The van der Waals surface area contributed by atoms with Crippen molar-refractivity contribution in [3.05, 3.63) is 36.8 Å². The van der Waals surface area contributed by atoms with Crippen LogP contribution in [0.2, 0.25) is 0 Å². The quantitative estimate of drug-likeness (QED) is 0.436. The highest BCUT2D eigenvalue weighted by Crippen LogP contribution is 2.33. The summed E-state index contributed by atoms with van der Waals surface area (Å²) >= 11 is 0. The van der Waals surface area contributed by atoms with Crippen molar-refractivity contribution >= 4 is 22.7 Å². The lowest BCUT2D eigenvalue weighted by atomic mass is 9.93. The molecule has 1 aromatic carbocycles. The average molecular weight is 534 g/mol. The van der Waals surface area contributed by atoms with Crippen molar-refractivity contribution in [3.8, 4) is 11.6 Å². The number of benzene rings is 1. The molecule has 1 saturated carbocycles. The Morgan fingerprint density at radius 2 is 1.72 bits per heavy atom. The third kappa shape index (κ3) is 6.86. The average Bonchev–Trinajstić information content (AvgIpc) is 2.99. The molecule has 1 N–H and O–H groups in total. The van der Waals surface area contributed by atoms with Gasteiger partial charge < -0.3 is 24.4 Å². The number of nitrogens with one attached hydrogen (secondary N) is 1. The van der Waals surface area contributed by atoms with Crippen LogP contribution >= 0.6 is 0 Å². The number of ether oxygens (including phenoxy) is 3. The van der Waals surface area contributed by atoms with Crippen LogP contribution in [-0.2, 0) is 4.74 Å². The van der Waals surface area contributed by atoms with E-state index in [4.69, 9.17) is 14.2 Å². The number of likely N-dealkylation sites (tertiary alicyclic amines) is 1. The van der Waals surface area contributed by atoms with E-state index in [0.29, 0.717) is 24.5 Å². The van der Waals surface area contributed by atoms with Gasteiger partial charge in [0.2, 0.25) is 11.8 Å². The second-order valence-corrected chi connectivity index (χ2v) is 10.7. The monoisotopic (exact) mass is 533 g/mol. The van der Waals surface area contributed by atoms with Crippen LogP contribution in [0.5, 0.6) is 11.6 Å². The van der Waals surface area contributed by atoms with Gasteiger partial charge in [-0.05, 0) is 57.7 Å². The Hall–Kier alpha value is -3.24. The third-order valence-corrected chi connectivity index (χ3v) is 7.94. The van der Waals surface area contributed by atoms with E-state index in [2.05, 4.69) is 47.2 Å². The van der Waals surface area contributed by atoms with Crippen LogP contribution in [0, 0.1) is 0 Å². The molecule has 0 bridgehead atoms. The standard InChI is InChI=1S/C29H39N7O3/c1-2-12-35(13-3-1)14-19-38-27-8-9-32-29(34-27)33-22-4-6-24(7-5-22)39-26-21-23(36-15-17-37-18-16-36)20-25-28(26)31-11-10-30-25/h8-11,20-22,24H,1-7,12-19H2,(H,32,33,34). The van der Waals surface area contributed by atoms with Gasteiger partial charge in [0, 0.05) is 62.1 Å². The number of anilines is 2. The summed E-state index contributed by atoms with van der Waals surface area (Å²) in [6, 6.07) is 6.37. The molecule has 10 heteroatoms. The summed E-state index contributed by atoms with van der Waals surface area (Å²) in [4.78, 5) is 23.0. The van der Waals surface area contributed by atoms with E-state index in [1.165, 1.54) is 32.4 Å². The van der Waals surface area contributed by atoms with Crippen LogP contribution in [0.25, 0.3) is 11.0 Å². The lowest BCUT2D eigenvalue weighted by molar-refractivity contribution is 0.122. The van der Waals surface area contributed by atoms with Crippen molar-refractivity contribution in [2.45, 2.75) is 57.1 Å². The molecule has 2 aliphatic heterocycles. The zero-order valence-corrected chi connectivity index (χ0v) is 22.6. The highest BCUT2D eigenvalue weighted by atomic mass is 16.5. The fraction of sp³-hybridized carbons (Fsp3) is 0.586. The Balaban J connectivity index is 1.02. The molecule has 0 amide bonds. The Kier molecular flexibility index (Phi) is 8.50. The van der Waals surface area contributed by atoms with Crippen LogP contribution in [0.1, 0.15) is 44.9 Å². The maximum Gasteiger partial charge on any atom is 0.226 e. The SMILES string of the molecule is c1cc(OCCN2CCCCC2)nc(NC2CCC(Oc3cc(N4CCOCC4)cc4nccnc34)CC2)n1. The molecule has 2 saturated heterocycles. The molecule has 6 rings (SSSR count). The first-order valence-electron chi connectivity index (χ1n) is 14.5. The predicted molar refractivity (Wildman–Crippen MR) is 151 cm³/mol. The van der Waals surface area contributed by atoms with Gasteiger partial charge in [0.15, 0.2) is 0 Å². The number of hydrogen-bond acceptors (Lipinski definition) is 10. The molecule has 3 aliphatic rings. The number of morpholine rings is 1. The molecule has 10 nitrogen and oxygen atoms in total. The summed E-state index contributed by atoms with van der Waals surface area (Å²) < 4.78 is 18.0. The molecule has 2 aromatic heterocycles. The van der Waals surface area contributed by atoms with Crippen molar-refractivity contribution in [1.82, 2.24) is 24.8 Å². The van der Waals surface area contributed by atoms with Gasteiger partial charge in [-0.2, -0.15) is 4.98 Å². The van der Waals surface area contributed by atoms with Crippen molar-refractivity contribution in [2.75, 3.05) is 62.8 Å². The van der Waals surface area contributed by atoms with Crippen LogP contribution in [0.3, 0.4) is 0 Å². The summed E-state index contributed by atoms with van der Waals surface area (Å²) in [5, 5.41) is 3.52. The molecule has 39 heavy (non-hydrogen) atoms. The van der Waals surface area contributed by atoms with E-state index in [1.54, 1.807) is 18.6 Å². The Labute approximate surface area is 230 Å². The molecule has 3 aromatic rings. The van der Waals surface area contributed by atoms with E-state index in [0.717, 1.165) is 81.0 Å². The van der Waals surface area contributed by atoms with E-state index in [9.17, 15) is 0 Å². The number of rotatable bonds is 9. The minimum Gasteiger partial charge on any atom is -0.488 e. The fourth-order valence-corrected chi connectivity index (χ4v) is 5.76. The van der Waals surface area contributed by atoms with Crippen LogP contribution in [-0.4, -0.2) is 89.5 Å². The Morgan fingerprint density at radius 3 is 2.56 bits per heavy atom. The zero-order chi connectivity index (χ0) is 26.3. The van der Waals surface area contributed by atoms with Gasteiger partial charge in [-0.1, -0.05) is 6.42 Å². The fourth-order valence-electron chi connectivity index (χ4n) is 5.76. The predicted octanol–water partition coefficient (Wildman–Crippen LogP) is 3.92. The number of aromatic nitrogens is 4. The largest absolute Gasteiger partial charge is 0.488 e. The van der Waals surface area contributed by atoms with Gasteiger partial charge in [-0.15, -0.1) is 0 Å². The molecule has 0 unspecified atom stereocenters. The first kappa shape index (κ1) is 26.0. The van der Waals surface area contributed by atoms with E-state index in [-0.39, 0.29) is 6.10 Å². The zero-order valence-electron chi connectivity index (χ0n) is 22.6. The number of piperidine rings is 1. The van der Waals surface area contributed by atoms with E-state index in [1.807, 2.05) is 6.07 Å². The van der Waals surface area contributed by atoms with Gasteiger partial charge >= 0.3 is 0 Å². The normalized spacial score (nSPS) is 22.5. The minimum atomic E-state index is 0.138. The van der Waals surface area contributed by atoms with Gasteiger partial charge in [0.1, 0.15) is 17.9 Å². The topological polar surface area (TPSA) is 97.8 Å². The van der Waals surface area contributed by atoms with E-state index >= 15 is 0 Å². The van der Waals surface area contributed by atoms with Crippen molar-refractivity contribution in [3.63, 3.8) is 0 Å². The summed E-state index contributed by atoms with van der Waals surface area (Å²) in [5.41, 5.74) is 2.80. The molecular formula is C29H39N7O3. The molecule has 1 aliphatic carbocycles. The third-order valence-electron chi connectivity index (χ3n) is 7.94. The second-order valence-electron chi connectivity index (χ2n) is 10.7. The van der Waals surface area contributed by atoms with Gasteiger partial charge in [0.25, 0.3) is 0 Å². The molecule has 0 spiro atoms. The van der Waals surface area contributed by atoms with Gasteiger partial charge in [-0.3, -0.25) is 9.88 Å². The Bertz CT molecular complexity index is 1210. The second kappa shape index (κ2) is 12.7. The minimum absolute atomic E-state index is 0.138. The van der Waals surface area contributed by atoms with Crippen LogP contribution in [0.15, 0.2) is 36.8 Å².